The fraction of sp³-hybridized carbons (Fsp3) is 0.250. The van der Waals surface area contributed by atoms with Crippen molar-refractivity contribution in [2.24, 2.45) is 0 Å². The van der Waals surface area contributed by atoms with Gasteiger partial charge in [0.25, 0.3) is 0 Å². The fourth-order valence-electron chi connectivity index (χ4n) is 1.12. The predicted octanol–water partition coefficient (Wildman–Crippen LogP) is 1.46. The minimum Gasteiger partial charge on any atom is -0.334 e. The SMILES string of the molecule is C#CCN(C)C(=O)NCc1ccccc1. The number of terminal acetylenes is 1. The fourth-order valence-corrected chi connectivity index (χ4v) is 1.12. The number of amides is 2. The number of rotatable bonds is 3. The summed E-state index contributed by atoms with van der Waals surface area (Å²) in [6.07, 6.45) is 5.10. The molecule has 0 aliphatic heterocycles. The lowest BCUT2D eigenvalue weighted by Crippen LogP contribution is -2.36. The Labute approximate surface area is 90.1 Å². The Balaban J connectivity index is 2.38. The Hall–Kier alpha value is -1.95. The molecule has 0 saturated carbocycles. The minimum absolute atomic E-state index is 0.156. The number of carbonyl (C=O) groups excluding carboxylic acids is 1. The van der Waals surface area contributed by atoms with Gasteiger partial charge >= 0.3 is 6.03 Å². The Morgan fingerprint density at radius 1 is 1.47 bits per heavy atom. The normalized spacial score (nSPS) is 9.07. The van der Waals surface area contributed by atoms with Gasteiger partial charge in [-0.2, -0.15) is 0 Å². The molecule has 0 saturated heterocycles. The van der Waals surface area contributed by atoms with Gasteiger partial charge < -0.3 is 10.2 Å². The smallest absolute Gasteiger partial charge is 0.318 e. The molecule has 15 heavy (non-hydrogen) atoms. The highest BCUT2D eigenvalue weighted by atomic mass is 16.2. The van der Waals surface area contributed by atoms with Crippen molar-refractivity contribution in [1.82, 2.24) is 10.2 Å². The molecule has 1 N–H and O–H groups in total. The molecule has 3 nitrogen and oxygen atoms in total. The van der Waals surface area contributed by atoms with E-state index in [2.05, 4.69) is 11.2 Å². The number of nitrogens with zero attached hydrogens (tertiary/aromatic N) is 1. The summed E-state index contributed by atoms with van der Waals surface area (Å²) in [7, 11) is 1.67. The van der Waals surface area contributed by atoms with Crippen LogP contribution in [-0.4, -0.2) is 24.5 Å². The van der Waals surface area contributed by atoms with Gasteiger partial charge in [-0.3, -0.25) is 0 Å². The number of hydrogen-bond acceptors (Lipinski definition) is 1. The van der Waals surface area contributed by atoms with E-state index in [-0.39, 0.29) is 6.03 Å². The van der Waals surface area contributed by atoms with Crippen LogP contribution in [0.4, 0.5) is 4.79 Å². The first-order valence-corrected chi connectivity index (χ1v) is 4.70. The average molecular weight is 202 g/mol. The molecular formula is C12H14N2O. The van der Waals surface area contributed by atoms with Gasteiger partial charge in [-0.25, -0.2) is 4.79 Å². The molecule has 0 heterocycles. The van der Waals surface area contributed by atoms with Gasteiger partial charge in [0.1, 0.15) is 0 Å². The van der Waals surface area contributed by atoms with E-state index in [1.807, 2.05) is 30.3 Å². The van der Waals surface area contributed by atoms with E-state index < -0.39 is 0 Å². The molecule has 0 radical (unpaired) electrons. The van der Waals surface area contributed by atoms with E-state index in [4.69, 9.17) is 6.42 Å². The van der Waals surface area contributed by atoms with Gasteiger partial charge in [-0.1, -0.05) is 36.3 Å². The second kappa shape index (κ2) is 5.71. The van der Waals surface area contributed by atoms with Crippen LogP contribution in [0.15, 0.2) is 30.3 Å². The summed E-state index contributed by atoms with van der Waals surface area (Å²) >= 11 is 0. The third-order valence-corrected chi connectivity index (χ3v) is 1.96. The standard InChI is InChI=1S/C12H14N2O/c1-3-9-14(2)12(15)13-10-11-7-5-4-6-8-11/h1,4-8H,9-10H2,2H3,(H,13,15). The first-order valence-electron chi connectivity index (χ1n) is 4.70. The monoisotopic (exact) mass is 202 g/mol. The van der Waals surface area contributed by atoms with Crippen LogP contribution >= 0.6 is 0 Å². The van der Waals surface area contributed by atoms with Crippen molar-refractivity contribution < 1.29 is 4.79 Å². The molecule has 0 bridgehead atoms. The summed E-state index contributed by atoms with van der Waals surface area (Å²) < 4.78 is 0. The summed E-state index contributed by atoms with van der Waals surface area (Å²) in [6.45, 7) is 0.842. The van der Waals surface area contributed by atoms with Gasteiger partial charge in [0.15, 0.2) is 0 Å². The van der Waals surface area contributed by atoms with Gasteiger partial charge in [0.05, 0.1) is 6.54 Å². The van der Waals surface area contributed by atoms with E-state index in [0.717, 1.165) is 5.56 Å². The zero-order valence-corrected chi connectivity index (χ0v) is 8.73. The highest BCUT2D eigenvalue weighted by molar-refractivity contribution is 5.74. The van der Waals surface area contributed by atoms with Crippen LogP contribution in [-0.2, 0) is 6.54 Å². The number of benzene rings is 1. The van der Waals surface area contributed by atoms with Crippen LogP contribution in [0.25, 0.3) is 0 Å². The summed E-state index contributed by atoms with van der Waals surface area (Å²) in [5, 5.41) is 2.77. The molecule has 78 valence electrons. The highest BCUT2D eigenvalue weighted by Crippen LogP contribution is 1.97. The largest absolute Gasteiger partial charge is 0.334 e. The van der Waals surface area contributed by atoms with E-state index in [9.17, 15) is 4.79 Å². The van der Waals surface area contributed by atoms with Crippen molar-refractivity contribution in [2.75, 3.05) is 13.6 Å². The molecule has 1 rings (SSSR count). The van der Waals surface area contributed by atoms with Crippen molar-refractivity contribution in [2.45, 2.75) is 6.54 Å². The third-order valence-electron chi connectivity index (χ3n) is 1.96. The van der Waals surface area contributed by atoms with Crippen molar-refractivity contribution in [3.8, 4) is 12.3 Å². The lowest BCUT2D eigenvalue weighted by molar-refractivity contribution is 0.213. The summed E-state index contributed by atoms with van der Waals surface area (Å²) in [4.78, 5) is 12.9. The molecular weight excluding hydrogens is 188 g/mol. The number of urea groups is 1. The molecule has 1 aromatic rings. The maximum absolute atomic E-state index is 11.4. The maximum atomic E-state index is 11.4. The molecule has 0 aliphatic carbocycles. The van der Waals surface area contributed by atoms with Crippen LogP contribution < -0.4 is 5.32 Å². The van der Waals surface area contributed by atoms with Crippen LogP contribution in [0.5, 0.6) is 0 Å². The molecule has 2 amide bonds. The van der Waals surface area contributed by atoms with Crippen LogP contribution in [0, 0.1) is 12.3 Å². The van der Waals surface area contributed by atoms with Gasteiger partial charge in [0, 0.05) is 13.6 Å². The van der Waals surface area contributed by atoms with Crippen LogP contribution in [0.2, 0.25) is 0 Å². The number of carbonyl (C=O) groups is 1. The quantitative estimate of drug-likeness (QED) is 0.739. The van der Waals surface area contributed by atoms with Gasteiger partial charge in [0.2, 0.25) is 0 Å². The molecule has 3 heteroatoms. The molecule has 0 aromatic heterocycles. The second-order valence-corrected chi connectivity index (χ2v) is 3.20. The Bertz CT molecular complexity index is 354. The van der Waals surface area contributed by atoms with E-state index in [1.165, 1.54) is 4.90 Å². The first kappa shape index (κ1) is 11.1. The Morgan fingerprint density at radius 2 is 2.13 bits per heavy atom. The summed E-state index contributed by atoms with van der Waals surface area (Å²) in [6, 6.07) is 9.58. The molecule has 1 aromatic carbocycles. The molecule has 0 spiro atoms. The minimum atomic E-state index is -0.156. The van der Waals surface area contributed by atoms with E-state index in [1.54, 1.807) is 7.05 Å². The lowest BCUT2D eigenvalue weighted by Gasteiger charge is -2.14. The third kappa shape index (κ3) is 3.74. The van der Waals surface area contributed by atoms with Crippen LogP contribution in [0.1, 0.15) is 5.56 Å². The Kier molecular flexibility index (Phi) is 4.24. The average Bonchev–Trinajstić information content (AvgIpc) is 2.27. The lowest BCUT2D eigenvalue weighted by atomic mass is 10.2. The summed E-state index contributed by atoms with van der Waals surface area (Å²) in [5.41, 5.74) is 1.07. The van der Waals surface area contributed by atoms with Crippen LogP contribution in [0.3, 0.4) is 0 Å². The zero-order valence-electron chi connectivity index (χ0n) is 8.73. The van der Waals surface area contributed by atoms with Gasteiger partial charge in [-0.15, -0.1) is 6.42 Å². The maximum Gasteiger partial charge on any atom is 0.318 e. The molecule has 0 atom stereocenters. The van der Waals surface area contributed by atoms with E-state index in [0.29, 0.717) is 13.1 Å². The topological polar surface area (TPSA) is 32.3 Å². The number of hydrogen-bond donors (Lipinski definition) is 1. The second-order valence-electron chi connectivity index (χ2n) is 3.20. The highest BCUT2D eigenvalue weighted by Gasteiger charge is 2.05. The van der Waals surface area contributed by atoms with Crippen molar-refractivity contribution in [1.29, 1.82) is 0 Å². The number of nitrogens with one attached hydrogen (secondary N) is 1. The zero-order chi connectivity index (χ0) is 11.1. The van der Waals surface area contributed by atoms with Crippen molar-refractivity contribution in [3.05, 3.63) is 35.9 Å². The first-order chi connectivity index (χ1) is 7.24. The predicted molar refractivity (Wildman–Crippen MR) is 60.1 cm³/mol. The van der Waals surface area contributed by atoms with Crippen molar-refractivity contribution >= 4 is 6.03 Å². The molecule has 0 fully saturated rings. The van der Waals surface area contributed by atoms with Gasteiger partial charge in [-0.05, 0) is 5.56 Å². The van der Waals surface area contributed by atoms with E-state index >= 15 is 0 Å². The molecule has 0 aliphatic rings. The Morgan fingerprint density at radius 3 is 2.73 bits per heavy atom. The van der Waals surface area contributed by atoms with Crippen molar-refractivity contribution in [3.63, 3.8) is 0 Å². The molecule has 0 unspecified atom stereocenters. The summed E-state index contributed by atoms with van der Waals surface area (Å²) in [5.74, 6) is 2.41.